The van der Waals surface area contributed by atoms with Crippen LogP contribution >= 0.6 is 0 Å². The van der Waals surface area contributed by atoms with Gasteiger partial charge >= 0.3 is 0 Å². The van der Waals surface area contributed by atoms with E-state index < -0.39 is 69.6 Å². The van der Waals surface area contributed by atoms with Gasteiger partial charge in [-0.15, -0.1) is 0 Å². The van der Waals surface area contributed by atoms with E-state index in [-0.39, 0.29) is 29.5 Å². The van der Waals surface area contributed by atoms with E-state index in [1.165, 1.54) is 0 Å². The zero-order valence-electron chi connectivity index (χ0n) is 23.2. The second-order valence-electron chi connectivity index (χ2n) is 11.6. The number of phenols is 1. The first-order chi connectivity index (χ1) is 18.6. The number of hydrogen-bond acceptors (Lipinski definition) is 10. The number of fused-ring (bicyclic) bond motifs is 2. The summed E-state index contributed by atoms with van der Waals surface area (Å²) in [6, 6.07) is 0.701. The molecule has 40 heavy (non-hydrogen) atoms. The number of benzene rings is 1. The van der Waals surface area contributed by atoms with Gasteiger partial charge in [-0.1, -0.05) is 19.9 Å². The van der Waals surface area contributed by atoms with E-state index in [1.807, 2.05) is 6.92 Å². The van der Waals surface area contributed by atoms with Gasteiger partial charge < -0.3 is 35.8 Å². The Bertz CT molecular complexity index is 1460. The summed E-state index contributed by atoms with van der Waals surface area (Å²) in [7, 11) is 6.87. The summed E-state index contributed by atoms with van der Waals surface area (Å²) in [6.45, 7) is 5.75. The average Bonchev–Trinajstić information content (AvgIpc) is 3.48. The number of Topliss-reactive ketones (excluding diaryl/α,β-unsaturated/α-hetero) is 2. The van der Waals surface area contributed by atoms with Crippen molar-refractivity contribution in [3.05, 3.63) is 51.8 Å². The average molecular weight is 554 g/mol. The Labute approximate surface area is 231 Å². The fourth-order valence-electron chi connectivity index (χ4n) is 7.08. The summed E-state index contributed by atoms with van der Waals surface area (Å²) >= 11 is 0. The predicted molar refractivity (Wildman–Crippen MR) is 146 cm³/mol. The van der Waals surface area contributed by atoms with Gasteiger partial charge in [-0.3, -0.25) is 19.3 Å². The van der Waals surface area contributed by atoms with Crippen molar-refractivity contribution in [2.75, 3.05) is 33.1 Å². The minimum Gasteiger partial charge on any atom is -0.510 e. The third-order valence-corrected chi connectivity index (χ3v) is 8.81. The number of nitrogens with two attached hydrogens (primary N) is 1. The van der Waals surface area contributed by atoms with Crippen LogP contribution in [0.1, 0.15) is 47.7 Å². The molecule has 1 aliphatic heterocycles. The summed E-state index contributed by atoms with van der Waals surface area (Å²) in [5.41, 5.74) is 4.24. The SMILES string of the molecule is C=C(CCC)C(=O)c1cc(N(C)C)c2c(c1O)C(O)=C1C(=O)[C@]34OC3(O)C(C(N)=O)=C(O)[C@H](N(C)C)[C@@H]4CC1C2. The number of likely N-dealkylation sites (N-methyl/N-ethyl adjacent to an activating group) is 1. The zero-order valence-corrected chi connectivity index (χ0v) is 23.2. The number of ether oxygens (including phenoxy) is 1. The number of nitrogens with zero attached hydrogens (tertiary/aromatic N) is 2. The lowest BCUT2D eigenvalue weighted by Crippen LogP contribution is -2.60. The minimum atomic E-state index is -2.46. The fourth-order valence-corrected chi connectivity index (χ4v) is 7.08. The number of rotatable bonds is 7. The van der Waals surface area contributed by atoms with Gasteiger partial charge in [-0.25, -0.2) is 0 Å². The molecule has 1 spiro atoms. The number of epoxide rings is 1. The van der Waals surface area contributed by atoms with E-state index in [0.717, 1.165) is 0 Å². The van der Waals surface area contributed by atoms with Crippen molar-refractivity contribution in [2.24, 2.45) is 17.6 Å². The Morgan fingerprint density at radius 3 is 2.40 bits per heavy atom. The van der Waals surface area contributed by atoms with Crippen LogP contribution in [-0.4, -0.2) is 88.4 Å². The highest BCUT2D eigenvalue weighted by molar-refractivity contribution is 6.16. The molecule has 4 aliphatic rings. The van der Waals surface area contributed by atoms with Crippen LogP contribution in [0.4, 0.5) is 5.69 Å². The molecule has 1 aromatic carbocycles. The monoisotopic (exact) mass is 553 g/mol. The maximum atomic E-state index is 14.2. The molecule has 5 atom stereocenters. The van der Waals surface area contributed by atoms with Crippen molar-refractivity contribution in [1.29, 1.82) is 0 Å². The largest absolute Gasteiger partial charge is 0.510 e. The Kier molecular flexibility index (Phi) is 6.22. The molecular formula is C29H35N3O8. The van der Waals surface area contributed by atoms with Crippen molar-refractivity contribution in [2.45, 2.75) is 50.0 Å². The standard InChI is InChI=1S/C29H35N3O8/c1-7-8-12(2)22(33)15-11-17(31(3)4)14-9-13-10-16-21(32(5)6)25(36)20(27(30)38)29(39)28(16,40-29)26(37)18(13)24(35)19(14)23(15)34/h11,13,16,21,34-36,39H,2,7-10H2,1,3-6H3,(H2,30,38)/t13?,16-,21+,28-,29?/m0/s1. The van der Waals surface area contributed by atoms with Crippen molar-refractivity contribution in [3.63, 3.8) is 0 Å². The summed E-state index contributed by atoms with van der Waals surface area (Å²) in [5, 5.41) is 45.3. The topological polar surface area (TPSA) is 177 Å². The van der Waals surface area contributed by atoms with Gasteiger partial charge in [0.2, 0.25) is 11.6 Å². The van der Waals surface area contributed by atoms with Crippen LogP contribution in [0.2, 0.25) is 0 Å². The molecule has 2 fully saturated rings. The Hall–Kier alpha value is -3.67. The van der Waals surface area contributed by atoms with Gasteiger partial charge in [0, 0.05) is 31.3 Å². The molecule has 2 unspecified atom stereocenters. The molecule has 6 N–H and O–H groups in total. The van der Waals surface area contributed by atoms with Crippen LogP contribution in [0.15, 0.2) is 35.1 Å². The smallest absolute Gasteiger partial charge is 0.253 e. The van der Waals surface area contributed by atoms with Crippen molar-refractivity contribution < 1.29 is 39.5 Å². The van der Waals surface area contributed by atoms with E-state index in [0.29, 0.717) is 29.7 Å². The lowest BCUT2D eigenvalue weighted by Gasteiger charge is -2.46. The maximum absolute atomic E-state index is 14.2. The first-order valence-corrected chi connectivity index (χ1v) is 13.2. The predicted octanol–water partition coefficient (Wildman–Crippen LogP) is 1.73. The molecule has 1 amide bonds. The maximum Gasteiger partial charge on any atom is 0.253 e. The number of allylic oxidation sites excluding steroid dienone is 1. The molecular weight excluding hydrogens is 518 g/mol. The molecule has 0 bridgehead atoms. The van der Waals surface area contributed by atoms with E-state index >= 15 is 0 Å². The van der Waals surface area contributed by atoms with Crippen molar-refractivity contribution in [3.8, 4) is 5.75 Å². The zero-order chi connectivity index (χ0) is 29.6. The number of aliphatic hydroxyl groups is 3. The summed E-state index contributed by atoms with van der Waals surface area (Å²) in [6.07, 6.45) is 1.53. The normalized spacial score (nSPS) is 30.4. The number of ketones is 2. The Balaban J connectivity index is 1.72. The number of primary amides is 1. The highest BCUT2D eigenvalue weighted by Crippen LogP contribution is 2.67. The number of hydrogen-bond donors (Lipinski definition) is 5. The number of amides is 1. The lowest BCUT2D eigenvalue weighted by atomic mass is 9.58. The van der Waals surface area contributed by atoms with Gasteiger partial charge in [0.1, 0.15) is 22.8 Å². The molecule has 214 valence electrons. The highest BCUT2D eigenvalue weighted by atomic mass is 16.8. The first kappa shape index (κ1) is 27.9. The summed E-state index contributed by atoms with van der Waals surface area (Å²) < 4.78 is 5.67. The van der Waals surface area contributed by atoms with Crippen LogP contribution in [-0.2, 0) is 20.7 Å². The van der Waals surface area contributed by atoms with E-state index in [4.69, 9.17) is 10.5 Å². The third kappa shape index (κ3) is 3.37. The van der Waals surface area contributed by atoms with Gasteiger partial charge in [0.15, 0.2) is 11.4 Å². The molecule has 1 heterocycles. The van der Waals surface area contributed by atoms with Gasteiger partial charge in [-0.05, 0) is 56.5 Å². The van der Waals surface area contributed by atoms with Crippen LogP contribution in [0.5, 0.6) is 5.75 Å². The van der Waals surface area contributed by atoms with Crippen LogP contribution in [0, 0.1) is 11.8 Å². The lowest BCUT2D eigenvalue weighted by molar-refractivity contribution is -0.127. The quantitative estimate of drug-likeness (QED) is 0.190. The molecule has 1 saturated carbocycles. The van der Waals surface area contributed by atoms with Gasteiger partial charge in [0.25, 0.3) is 5.91 Å². The molecule has 3 aliphatic carbocycles. The van der Waals surface area contributed by atoms with Crippen LogP contribution in [0.3, 0.4) is 0 Å². The van der Waals surface area contributed by atoms with Crippen LogP contribution < -0.4 is 10.6 Å². The Morgan fingerprint density at radius 2 is 1.85 bits per heavy atom. The molecule has 11 nitrogen and oxygen atoms in total. The number of phenolic OH excluding ortho intramolecular Hbond substituents is 1. The molecule has 1 aromatic rings. The second kappa shape index (κ2) is 8.92. The second-order valence-corrected chi connectivity index (χ2v) is 11.6. The summed E-state index contributed by atoms with van der Waals surface area (Å²) in [5.74, 6) is -7.58. The molecule has 11 heteroatoms. The van der Waals surface area contributed by atoms with Crippen molar-refractivity contribution >= 4 is 28.9 Å². The van der Waals surface area contributed by atoms with Crippen LogP contribution in [0.25, 0.3) is 5.76 Å². The van der Waals surface area contributed by atoms with Crippen molar-refractivity contribution in [1.82, 2.24) is 4.90 Å². The molecule has 5 rings (SSSR count). The number of aromatic hydroxyl groups is 1. The summed E-state index contributed by atoms with van der Waals surface area (Å²) in [4.78, 5) is 43.1. The fraction of sp³-hybridized carbons (Fsp3) is 0.483. The number of carbonyl (C=O) groups excluding carboxylic acids is 3. The number of carbonyl (C=O) groups is 3. The molecule has 1 saturated heterocycles. The number of aliphatic hydroxyl groups excluding tert-OH is 2. The molecule has 0 radical (unpaired) electrons. The van der Waals surface area contributed by atoms with E-state index in [2.05, 4.69) is 6.58 Å². The van der Waals surface area contributed by atoms with Gasteiger partial charge in [-0.2, -0.15) is 0 Å². The van der Waals surface area contributed by atoms with E-state index in [1.54, 1.807) is 44.1 Å². The first-order valence-electron chi connectivity index (χ1n) is 13.2. The number of anilines is 1. The third-order valence-electron chi connectivity index (χ3n) is 8.81. The molecule has 0 aromatic heterocycles. The Morgan fingerprint density at radius 1 is 1.20 bits per heavy atom. The highest BCUT2D eigenvalue weighted by Gasteiger charge is 2.86. The minimum absolute atomic E-state index is 0.0361. The van der Waals surface area contributed by atoms with E-state index in [9.17, 15) is 34.8 Å². The van der Waals surface area contributed by atoms with Gasteiger partial charge in [0.05, 0.1) is 17.2 Å².